The summed E-state index contributed by atoms with van der Waals surface area (Å²) < 4.78 is 0. The van der Waals surface area contributed by atoms with Crippen molar-refractivity contribution in [2.75, 3.05) is 18.4 Å². The Morgan fingerprint density at radius 1 is 1.10 bits per heavy atom. The summed E-state index contributed by atoms with van der Waals surface area (Å²) in [6.07, 6.45) is 1.56. The molecule has 4 aromatic rings. The number of nitrogens with one attached hydrogen (secondary N) is 2. The minimum atomic E-state index is -0.255. The summed E-state index contributed by atoms with van der Waals surface area (Å²) in [5.41, 5.74) is 1.56. The average molecular weight is 431 g/mol. The van der Waals surface area contributed by atoms with Crippen LogP contribution in [-0.2, 0) is 4.79 Å². The Hall–Kier alpha value is -3.45. The molecule has 6 nitrogen and oxygen atoms in total. The van der Waals surface area contributed by atoms with E-state index in [1.54, 1.807) is 16.2 Å². The number of nitrogens with zero attached hydrogens (tertiary/aromatic N) is 2. The highest BCUT2D eigenvalue weighted by Gasteiger charge is 2.30. The van der Waals surface area contributed by atoms with Gasteiger partial charge in [-0.3, -0.25) is 14.7 Å². The molecule has 156 valence electrons. The lowest BCUT2D eigenvalue weighted by Gasteiger charge is -2.32. The first-order valence-electron chi connectivity index (χ1n) is 10.4. The van der Waals surface area contributed by atoms with Crippen LogP contribution in [0.15, 0.2) is 66.0 Å². The molecule has 0 spiro atoms. The number of H-pyrrole nitrogens is 1. The van der Waals surface area contributed by atoms with Crippen LogP contribution in [0.3, 0.4) is 0 Å². The van der Waals surface area contributed by atoms with E-state index in [1.165, 1.54) is 0 Å². The Bertz CT molecular complexity index is 1230. The minimum Gasteiger partial charge on any atom is -0.338 e. The molecular weight excluding hydrogens is 408 g/mol. The van der Waals surface area contributed by atoms with Crippen LogP contribution < -0.4 is 5.32 Å². The number of piperidine rings is 1. The van der Waals surface area contributed by atoms with Crippen LogP contribution in [-0.4, -0.2) is 40.0 Å². The van der Waals surface area contributed by atoms with Crippen molar-refractivity contribution >= 4 is 39.7 Å². The average Bonchev–Trinajstić information content (AvgIpc) is 3.50. The second kappa shape index (κ2) is 8.35. The van der Waals surface area contributed by atoms with Crippen LogP contribution in [0.5, 0.6) is 0 Å². The van der Waals surface area contributed by atoms with Crippen molar-refractivity contribution in [1.82, 2.24) is 15.1 Å². The number of hydrogen-bond donors (Lipinski definition) is 2. The lowest BCUT2D eigenvalue weighted by molar-refractivity contribution is -0.121. The van der Waals surface area contributed by atoms with E-state index in [4.69, 9.17) is 0 Å². The second-order valence-electron chi connectivity index (χ2n) is 7.75. The lowest BCUT2D eigenvalue weighted by atomic mass is 9.95. The van der Waals surface area contributed by atoms with E-state index in [0.717, 1.165) is 34.2 Å². The van der Waals surface area contributed by atoms with E-state index in [9.17, 15) is 9.59 Å². The molecule has 1 aliphatic rings. The van der Waals surface area contributed by atoms with Crippen molar-refractivity contribution in [3.63, 3.8) is 0 Å². The summed E-state index contributed by atoms with van der Waals surface area (Å²) in [6, 6.07) is 19.5. The molecule has 0 saturated carbocycles. The summed E-state index contributed by atoms with van der Waals surface area (Å²) in [6.45, 7) is 1.08. The zero-order valence-electron chi connectivity index (χ0n) is 16.9. The summed E-state index contributed by atoms with van der Waals surface area (Å²) in [7, 11) is 0. The molecule has 31 heavy (non-hydrogen) atoms. The van der Waals surface area contributed by atoms with Crippen molar-refractivity contribution in [3.8, 4) is 10.6 Å². The number of anilines is 1. The molecule has 1 fully saturated rings. The van der Waals surface area contributed by atoms with Crippen LogP contribution in [0.25, 0.3) is 21.3 Å². The van der Waals surface area contributed by atoms with Crippen molar-refractivity contribution in [2.24, 2.45) is 5.92 Å². The monoisotopic (exact) mass is 430 g/mol. The van der Waals surface area contributed by atoms with E-state index in [-0.39, 0.29) is 17.7 Å². The molecule has 3 heterocycles. The molecule has 1 atom stereocenters. The predicted molar refractivity (Wildman–Crippen MR) is 123 cm³/mol. The summed E-state index contributed by atoms with van der Waals surface area (Å²) in [5.74, 6) is 0.133. The molecule has 2 N–H and O–H groups in total. The smallest absolute Gasteiger partial charge is 0.254 e. The van der Waals surface area contributed by atoms with Crippen LogP contribution >= 0.6 is 11.3 Å². The van der Waals surface area contributed by atoms with Gasteiger partial charge in [0, 0.05) is 24.7 Å². The van der Waals surface area contributed by atoms with Crippen LogP contribution in [0, 0.1) is 5.92 Å². The summed E-state index contributed by atoms with van der Waals surface area (Å²) in [4.78, 5) is 29.0. The van der Waals surface area contributed by atoms with Gasteiger partial charge in [0.15, 0.2) is 5.82 Å². The quantitative estimate of drug-likeness (QED) is 0.489. The highest BCUT2D eigenvalue weighted by atomic mass is 32.1. The summed E-state index contributed by atoms with van der Waals surface area (Å²) >= 11 is 1.61. The summed E-state index contributed by atoms with van der Waals surface area (Å²) in [5, 5.41) is 14.1. The molecule has 2 amide bonds. The number of hydrogen-bond acceptors (Lipinski definition) is 4. The Balaban J connectivity index is 1.28. The Kier molecular flexibility index (Phi) is 5.26. The molecule has 0 aliphatic carbocycles. The largest absolute Gasteiger partial charge is 0.338 e. The van der Waals surface area contributed by atoms with Crippen molar-refractivity contribution in [2.45, 2.75) is 12.8 Å². The van der Waals surface area contributed by atoms with Gasteiger partial charge in [-0.2, -0.15) is 5.10 Å². The fourth-order valence-electron chi connectivity index (χ4n) is 4.13. The Morgan fingerprint density at radius 3 is 2.84 bits per heavy atom. The standard InChI is InChI=1S/C24H22N4O2S/c29-23(25-22-14-20(26-27-22)21-11-5-13-31-21)17-8-4-12-28(15-17)24(30)19-10-3-7-16-6-1-2-9-18(16)19/h1-3,5-7,9-11,13-14,17H,4,8,12,15H2,(H2,25,26,27,29). The third-order valence-corrected chi connectivity index (χ3v) is 6.62. The van der Waals surface area contributed by atoms with Gasteiger partial charge in [0.1, 0.15) is 0 Å². The number of rotatable bonds is 4. The zero-order chi connectivity index (χ0) is 21.2. The number of amides is 2. The normalized spacial score (nSPS) is 16.4. The van der Waals surface area contributed by atoms with E-state index >= 15 is 0 Å². The van der Waals surface area contributed by atoms with E-state index < -0.39 is 0 Å². The van der Waals surface area contributed by atoms with Crippen LogP contribution in [0.1, 0.15) is 23.2 Å². The first kappa shape index (κ1) is 19.5. The molecular formula is C24H22N4O2S. The number of likely N-dealkylation sites (tertiary alicyclic amines) is 1. The first-order valence-corrected chi connectivity index (χ1v) is 11.2. The molecule has 0 radical (unpaired) electrons. The van der Waals surface area contributed by atoms with Crippen molar-refractivity contribution < 1.29 is 9.59 Å². The molecule has 0 bridgehead atoms. The topological polar surface area (TPSA) is 78.1 Å². The van der Waals surface area contributed by atoms with Gasteiger partial charge >= 0.3 is 0 Å². The maximum Gasteiger partial charge on any atom is 0.254 e. The second-order valence-corrected chi connectivity index (χ2v) is 8.70. The van der Waals surface area contributed by atoms with Crippen LogP contribution in [0.2, 0.25) is 0 Å². The maximum absolute atomic E-state index is 13.3. The fourth-order valence-corrected chi connectivity index (χ4v) is 4.82. The van der Waals surface area contributed by atoms with Gasteiger partial charge in [-0.05, 0) is 41.1 Å². The predicted octanol–water partition coefficient (Wildman–Crippen LogP) is 4.78. The van der Waals surface area contributed by atoms with Gasteiger partial charge < -0.3 is 10.2 Å². The highest BCUT2D eigenvalue weighted by molar-refractivity contribution is 7.13. The van der Waals surface area contributed by atoms with Gasteiger partial charge in [0.2, 0.25) is 5.91 Å². The fraction of sp³-hybridized carbons (Fsp3) is 0.208. The molecule has 1 unspecified atom stereocenters. The van der Waals surface area contributed by atoms with E-state index in [1.807, 2.05) is 66.0 Å². The van der Waals surface area contributed by atoms with Gasteiger partial charge in [0.25, 0.3) is 5.91 Å². The third kappa shape index (κ3) is 3.96. The number of carbonyl (C=O) groups is 2. The highest BCUT2D eigenvalue weighted by Crippen LogP contribution is 2.26. The Morgan fingerprint density at radius 2 is 1.97 bits per heavy atom. The third-order valence-electron chi connectivity index (χ3n) is 5.72. The number of carbonyl (C=O) groups excluding carboxylic acids is 2. The molecule has 7 heteroatoms. The maximum atomic E-state index is 13.3. The van der Waals surface area contributed by atoms with E-state index in [2.05, 4.69) is 15.5 Å². The molecule has 2 aromatic heterocycles. The first-order chi connectivity index (χ1) is 15.2. The molecule has 2 aromatic carbocycles. The number of benzene rings is 2. The number of fused-ring (bicyclic) bond motifs is 1. The zero-order valence-corrected chi connectivity index (χ0v) is 17.7. The Labute approximate surface area is 183 Å². The molecule has 5 rings (SSSR count). The number of thiophene rings is 1. The number of aromatic amines is 1. The molecule has 1 aliphatic heterocycles. The van der Waals surface area contributed by atoms with Gasteiger partial charge in [-0.1, -0.05) is 42.5 Å². The van der Waals surface area contributed by atoms with Crippen molar-refractivity contribution in [1.29, 1.82) is 0 Å². The van der Waals surface area contributed by atoms with Gasteiger partial charge in [-0.15, -0.1) is 11.3 Å². The van der Waals surface area contributed by atoms with Gasteiger partial charge in [0.05, 0.1) is 16.5 Å². The lowest BCUT2D eigenvalue weighted by Crippen LogP contribution is -2.43. The van der Waals surface area contributed by atoms with Crippen LogP contribution in [0.4, 0.5) is 5.82 Å². The van der Waals surface area contributed by atoms with Gasteiger partial charge in [-0.25, -0.2) is 0 Å². The van der Waals surface area contributed by atoms with Crippen molar-refractivity contribution in [3.05, 3.63) is 71.6 Å². The number of aromatic nitrogens is 2. The molecule has 1 saturated heterocycles. The SMILES string of the molecule is O=C(Nc1cc(-c2cccs2)[nH]n1)C1CCCN(C(=O)c2cccc3ccccc23)C1. The van der Waals surface area contributed by atoms with E-state index in [0.29, 0.717) is 24.5 Å². The minimum absolute atomic E-state index is 0.0194.